The Morgan fingerprint density at radius 2 is 2.38 bits per heavy atom. The van der Waals surface area contributed by atoms with Gasteiger partial charge in [0, 0.05) is 19.1 Å². The van der Waals surface area contributed by atoms with Crippen molar-refractivity contribution in [2.75, 3.05) is 23.3 Å². The van der Waals surface area contributed by atoms with E-state index in [0.717, 1.165) is 30.8 Å². The second kappa shape index (κ2) is 4.44. The van der Waals surface area contributed by atoms with Crippen molar-refractivity contribution >= 4 is 11.4 Å². The summed E-state index contributed by atoms with van der Waals surface area (Å²) in [5.74, 6) is 0. The molecule has 0 saturated carbocycles. The molecule has 0 saturated heterocycles. The first-order valence-corrected chi connectivity index (χ1v) is 5.81. The van der Waals surface area contributed by atoms with E-state index in [1.54, 1.807) is 0 Å². The molecule has 0 spiro atoms. The summed E-state index contributed by atoms with van der Waals surface area (Å²) in [7, 11) is 0. The molecule has 2 rings (SSSR count). The molecule has 1 unspecified atom stereocenters. The molecule has 0 fully saturated rings. The number of hydrogen-bond acceptors (Lipinski definition) is 3. The van der Waals surface area contributed by atoms with Gasteiger partial charge in [0.2, 0.25) is 0 Å². The van der Waals surface area contributed by atoms with Crippen molar-refractivity contribution in [1.82, 2.24) is 0 Å². The van der Waals surface area contributed by atoms with E-state index in [2.05, 4.69) is 30.1 Å². The van der Waals surface area contributed by atoms with Gasteiger partial charge in [-0.3, -0.25) is 0 Å². The summed E-state index contributed by atoms with van der Waals surface area (Å²) in [4.78, 5) is 2.41. The summed E-state index contributed by atoms with van der Waals surface area (Å²) in [6, 6.07) is 8.60. The molecule has 1 aromatic rings. The summed E-state index contributed by atoms with van der Waals surface area (Å²) < 4.78 is 0. The maximum atomic E-state index is 8.87. The summed E-state index contributed by atoms with van der Waals surface area (Å²) >= 11 is 0. The fourth-order valence-electron chi connectivity index (χ4n) is 2.11. The van der Waals surface area contributed by atoms with Crippen LogP contribution in [-0.2, 0) is 0 Å². The number of rotatable bonds is 2. The Kier molecular flexibility index (Phi) is 3.00. The van der Waals surface area contributed by atoms with E-state index in [1.165, 1.54) is 5.69 Å². The molecule has 3 heteroatoms. The Balaban J connectivity index is 2.36. The number of benzene rings is 1. The quantitative estimate of drug-likeness (QED) is 0.824. The molecule has 16 heavy (non-hydrogen) atoms. The zero-order valence-electron chi connectivity index (χ0n) is 9.83. The second-order valence-electron chi connectivity index (χ2n) is 4.22. The molecule has 1 aliphatic heterocycles. The van der Waals surface area contributed by atoms with Crippen LogP contribution in [0.2, 0.25) is 0 Å². The fourth-order valence-corrected chi connectivity index (χ4v) is 2.11. The molecule has 1 aliphatic rings. The number of anilines is 2. The minimum atomic E-state index is 0.550. The zero-order valence-corrected chi connectivity index (χ0v) is 9.83. The van der Waals surface area contributed by atoms with Crippen molar-refractivity contribution in [1.29, 1.82) is 5.26 Å². The van der Waals surface area contributed by atoms with E-state index in [-0.39, 0.29) is 0 Å². The van der Waals surface area contributed by atoms with Crippen LogP contribution in [0.15, 0.2) is 18.2 Å². The van der Waals surface area contributed by atoms with Gasteiger partial charge in [0.15, 0.2) is 0 Å². The van der Waals surface area contributed by atoms with Crippen molar-refractivity contribution in [3.8, 4) is 6.07 Å². The number of nitrogens with one attached hydrogen (secondary N) is 1. The Bertz CT molecular complexity index is 420. The van der Waals surface area contributed by atoms with E-state index in [1.807, 2.05) is 18.2 Å². The highest BCUT2D eigenvalue weighted by atomic mass is 15.2. The predicted octanol–water partition coefficient (Wildman–Crippen LogP) is 2.59. The van der Waals surface area contributed by atoms with E-state index < -0.39 is 0 Å². The van der Waals surface area contributed by atoms with Crippen LogP contribution >= 0.6 is 0 Å². The third kappa shape index (κ3) is 1.83. The van der Waals surface area contributed by atoms with Gasteiger partial charge in [-0.2, -0.15) is 5.26 Å². The van der Waals surface area contributed by atoms with Gasteiger partial charge in [-0.1, -0.05) is 6.92 Å². The van der Waals surface area contributed by atoms with Gasteiger partial charge in [0.05, 0.1) is 23.0 Å². The average molecular weight is 215 g/mol. The maximum absolute atomic E-state index is 8.87. The van der Waals surface area contributed by atoms with Gasteiger partial charge >= 0.3 is 0 Å². The lowest BCUT2D eigenvalue weighted by Gasteiger charge is -2.36. The summed E-state index contributed by atoms with van der Waals surface area (Å²) in [5.41, 5.74) is 3.03. The van der Waals surface area contributed by atoms with E-state index >= 15 is 0 Å². The van der Waals surface area contributed by atoms with Crippen LogP contribution in [0.3, 0.4) is 0 Å². The number of hydrogen-bond donors (Lipinski definition) is 1. The van der Waals surface area contributed by atoms with E-state index in [0.29, 0.717) is 6.04 Å². The van der Waals surface area contributed by atoms with Crippen LogP contribution in [0.5, 0.6) is 0 Å². The third-order valence-corrected chi connectivity index (χ3v) is 3.23. The Morgan fingerprint density at radius 3 is 3.06 bits per heavy atom. The summed E-state index contributed by atoms with van der Waals surface area (Å²) in [5, 5.41) is 12.2. The first-order chi connectivity index (χ1) is 7.76. The first kappa shape index (κ1) is 10.8. The summed E-state index contributed by atoms with van der Waals surface area (Å²) in [6.07, 6.45) is 1.14. The molecule has 1 heterocycles. The Labute approximate surface area is 96.7 Å². The molecular formula is C13H17N3. The minimum absolute atomic E-state index is 0.550. The molecule has 84 valence electrons. The largest absolute Gasteiger partial charge is 0.382 e. The van der Waals surface area contributed by atoms with E-state index in [4.69, 9.17) is 5.26 Å². The standard InChI is InChI=1S/C13H17N3/c1-3-10(2)16-7-6-15-12-8-11(9-14)4-5-13(12)16/h4-5,8,10,15H,3,6-7H2,1-2H3. The number of fused-ring (bicyclic) bond motifs is 1. The lowest BCUT2D eigenvalue weighted by atomic mass is 10.1. The highest BCUT2D eigenvalue weighted by Crippen LogP contribution is 2.31. The predicted molar refractivity (Wildman–Crippen MR) is 66.7 cm³/mol. The van der Waals surface area contributed by atoms with Gasteiger partial charge in [-0.05, 0) is 31.5 Å². The monoisotopic (exact) mass is 215 g/mol. The van der Waals surface area contributed by atoms with Crippen molar-refractivity contribution in [3.63, 3.8) is 0 Å². The van der Waals surface area contributed by atoms with Crippen LogP contribution in [0.25, 0.3) is 0 Å². The molecule has 0 aromatic heterocycles. The molecule has 1 N–H and O–H groups in total. The molecule has 3 nitrogen and oxygen atoms in total. The third-order valence-electron chi connectivity index (χ3n) is 3.23. The maximum Gasteiger partial charge on any atom is 0.0992 e. The molecule has 0 radical (unpaired) electrons. The van der Waals surface area contributed by atoms with Gasteiger partial charge in [0.1, 0.15) is 0 Å². The van der Waals surface area contributed by atoms with Crippen LogP contribution in [0.4, 0.5) is 11.4 Å². The van der Waals surface area contributed by atoms with E-state index in [9.17, 15) is 0 Å². The Morgan fingerprint density at radius 1 is 1.56 bits per heavy atom. The molecule has 0 bridgehead atoms. The molecule has 1 aromatic carbocycles. The topological polar surface area (TPSA) is 39.1 Å². The number of nitriles is 1. The molecule has 0 aliphatic carbocycles. The fraction of sp³-hybridized carbons (Fsp3) is 0.462. The Hall–Kier alpha value is -1.69. The van der Waals surface area contributed by atoms with Gasteiger partial charge in [0.25, 0.3) is 0 Å². The van der Waals surface area contributed by atoms with Crippen molar-refractivity contribution in [2.24, 2.45) is 0 Å². The van der Waals surface area contributed by atoms with Gasteiger partial charge < -0.3 is 10.2 Å². The lowest BCUT2D eigenvalue weighted by molar-refractivity contribution is 0.616. The van der Waals surface area contributed by atoms with Gasteiger partial charge in [-0.25, -0.2) is 0 Å². The average Bonchev–Trinajstić information content (AvgIpc) is 2.36. The second-order valence-corrected chi connectivity index (χ2v) is 4.22. The van der Waals surface area contributed by atoms with Crippen molar-refractivity contribution in [3.05, 3.63) is 23.8 Å². The minimum Gasteiger partial charge on any atom is -0.382 e. The van der Waals surface area contributed by atoms with Crippen LogP contribution in [0, 0.1) is 11.3 Å². The molecular weight excluding hydrogens is 198 g/mol. The normalized spacial score (nSPS) is 15.9. The van der Waals surface area contributed by atoms with Gasteiger partial charge in [-0.15, -0.1) is 0 Å². The van der Waals surface area contributed by atoms with Crippen LogP contribution in [-0.4, -0.2) is 19.1 Å². The SMILES string of the molecule is CCC(C)N1CCNc2cc(C#N)ccc21. The highest BCUT2D eigenvalue weighted by Gasteiger charge is 2.20. The lowest BCUT2D eigenvalue weighted by Crippen LogP contribution is -2.40. The van der Waals surface area contributed by atoms with Crippen molar-refractivity contribution in [2.45, 2.75) is 26.3 Å². The molecule has 1 atom stereocenters. The van der Waals surface area contributed by atoms with Crippen LogP contribution in [0.1, 0.15) is 25.8 Å². The molecule has 0 amide bonds. The zero-order chi connectivity index (χ0) is 11.5. The first-order valence-electron chi connectivity index (χ1n) is 5.81. The highest BCUT2D eigenvalue weighted by molar-refractivity contribution is 5.74. The number of nitrogens with zero attached hydrogens (tertiary/aromatic N) is 2. The smallest absolute Gasteiger partial charge is 0.0992 e. The summed E-state index contributed by atoms with van der Waals surface area (Å²) in [6.45, 7) is 6.43. The van der Waals surface area contributed by atoms with Crippen LogP contribution < -0.4 is 10.2 Å². The van der Waals surface area contributed by atoms with Crippen molar-refractivity contribution < 1.29 is 0 Å².